The van der Waals surface area contributed by atoms with Crippen LogP contribution in [0.3, 0.4) is 0 Å². The maximum atomic E-state index is 11.8. The fraction of sp³-hybridized carbons (Fsp3) is 0.500. The number of carbonyl (C=O) groups excluding carboxylic acids is 1. The number of carboxylic acids is 1. The van der Waals surface area contributed by atoms with Gasteiger partial charge >= 0.3 is 5.97 Å². The third-order valence-corrected chi connectivity index (χ3v) is 3.77. The number of nitrogens with two attached hydrogens (primary N) is 1. The lowest BCUT2D eigenvalue weighted by Crippen LogP contribution is -2.24. The summed E-state index contributed by atoms with van der Waals surface area (Å²) < 4.78 is 27.0. The molecule has 20 heavy (non-hydrogen) atoms. The molecule has 0 spiro atoms. The molecule has 1 aromatic heterocycles. The predicted molar refractivity (Wildman–Crippen MR) is 68.1 cm³/mol. The normalized spacial score (nSPS) is 11.4. The van der Waals surface area contributed by atoms with Gasteiger partial charge in [0, 0.05) is 19.2 Å². The second kappa shape index (κ2) is 7.01. The first-order valence-electron chi connectivity index (χ1n) is 5.83. The molecule has 0 atom stereocenters. The Hall–Kier alpha value is -1.94. The number of carboxylic acid groups (broad SMARTS) is 1. The van der Waals surface area contributed by atoms with Crippen molar-refractivity contribution in [3.63, 3.8) is 0 Å². The van der Waals surface area contributed by atoms with E-state index in [2.05, 4.69) is 9.82 Å². The van der Waals surface area contributed by atoms with E-state index in [0.717, 1.165) is 17.1 Å². The van der Waals surface area contributed by atoms with Gasteiger partial charge in [0.2, 0.25) is 15.9 Å². The van der Waals surface area contributed by atoms with Crippen molar-refractivity contribution in [1.29, 1.82) is 0 Å². The molecule has 112 valence electrons. The van der Waals surface area contributed by atoms with Crippen LogP contribution in [-0.2, 0) is 26.2 Å². The van der Waals surface area contributed by atoms with Gasteiger partial charge in [-0.15, -0.1) is 0 Å². The number of hydrogen-bond acceptors (Lipinski definition) is 5. The molecule has 1 aromatic rings. The largest absolute Gasteiger partial charge is 0.480 e. The third-order valence-electron chi connectivity index (χ3n) is 2.36. The number of unbranched alkanes of at least 4 members (excludes halogenated alkanes) is 1. The van der Waals surface area contributed by atoms with Crippen LogP contribution in [0.4, 0.5) is 0 Å². The van der Waals surface area contributed by atoms with Crippen molar-refractivity contribution in [2.75, 3.05) is 6.54 Å². The van der Waals surface area contributed by atoms with Gasteiger partial charge < -0.3 is 10.8 Å². The fourth-order valence-electron chi connectivity index (χ4n) is 1.42. The molecule has 0 aromatic carbocycles. The van der Waals surface area contributed by atoms with E-state index >= 15 is 0 Å². The summed E-state index contributed by atoms with van der Waals surface area (Å²) in [4.78, 5) is 20.9. The number of aromatic nitrogens is 2. The van der Waals surface area contributed by atoms with Crippen LogP contribution < -0.4 is 10.5 Å². The highest BCUT2D eigenvalue weighted by Crippen LogP contribution is 2.07. The zero-order chi connectivity index (χ0) is 15.2. The lowest BCUT2D eigenvalue weighted by molar-refractivity contribution is -0.137. The third kappa shape index (κ3) is 5.36. The molecule has 1 amide bonds. The SMILES string of the molecule is NC(=O)CCCCNS(=O)(=O)c1cnn(CC(=O)O)c1. The Morgan fingerprint density at radius 1 is 1.40 bits per heavy atom. The molecular formula is C10H16N4O5S. The van der Waals surface area contributed by atoms with Crippen molar-refractivity contribution in [1.82, 2.24) is 14.5 Å². The molecule has 0 saturated carbocycles. The number of aliphatic carboxylic acids is 1. The maximum Gasteiger partial charge on any atom is 0.325 e. The number of hydrogen-bond donors (Lipinski definition) is 3. The van der Waals surface area contributed by atoms with Gasteiger partial charge in [-0.25, -0.2) is 13.1 Å². The summed E-state index contributed by atoms with van der Waals surface area (Å²) in [6, 6.07) is 0. The standard InChI is InChI=1S/C10H16N4O5S/c11-9(15)3-1-2-4-13-20(18,19)8-5-12-14(6-8)7-10(16)17/h5-6,13H,1-4,7H2,(H2,11,15)(H,16,17). The molecule has 10 heteroatoms. The van der Waals surface area contributed by atoms with E-state index in [1.54, 1.807) is 0 Å². The number of carbonyl (C=O) groups is 2. The second-order valence-corrected chi connectivity index (χ2v) is 5.86. The second-order valence-electron chi connectivity index (χ2n) is 4.09. The number of rotatable bonds is 9. The number of primary amides is 1. The number of nitrogens with zero attached hydrogens (tertiary/aromatic N) is 2. The van der Waals surface area contributed by atoms with Crippen LogP contribution in [0.1, 0.15) is 19.3 Å². The van der Waals surface area contributed by atoms with E-state index in [-0.39, 0.29) is 17.9 Å². The van der Waals surface area contributed by atoms with Crippen LogP contribution in [0.2, 0.25) is 0 Å². The van der Waals surface area contributed by atoms with Gasteiger partial charge in [0.05, 0.1) is 6.20 Å². The summed E-state index contributed by atoms with van der Waals surface area (Å²) in [6.45, 7) is -0.242. The summed E-state index contributed by atoms with van der Waals surface area (Å²) in [5.41, 5.74) is 4.96. The average molecular weight is 304 g/mol. The van der Waals surface area contributed by atoms with Crippen LogP contribution in [0.15, 0.2) is 17.3 Å². The minimum Gasteiger partial charge on any atom is -0.480 e. The van der Waals surface area contributed by atoms with Gasteiger partial charge in [-0.05, 0) is 12.8 Å². The minimum atomic E-state index is -3.72. The summed E-state index contributed by atoms with van der Waals surface area (Å²) in [5, 5.41) is 12.2. The molecule has 4 N–H and O–H groups in total. The number of nitrogens with one attached hydrogen (secondary N) is 1. The average Bonchev–Trinajstić information content (AvgIpc) is 2.76. The molecule has 0 aliphatic heterocycles. The topological polar surface area (TPSA) is 144 Å². The van der Waals surface area contributed by atoms with Crippen LogP contribution >= 0.6 is 0 Å². The molecular weight excluding hydrogens is 288 g/mol. The Labute approximate surface area is 115 Å². The van der Waals surface area contributed by atoms with Gasteiger partial charge in [0.1, 0.15) is 11.4 Å². The molecule has 0 bridgehead atoms. The monoisotopic (exact) mass is 304 g/mol. The van der Waals surface area contributed by atoms with Crippen molar-refractivity contribution in [3.8, 4) is 0 Å². The molecule has 1 heterocycles. The van der Waals surface area contributed by atoms with Crippen molar-refractivity contribution in [2.24, 2.45) is 5.73 Å². The molecule has 0 saturated heterocycles. The van der Waals surface area contributed by atoms with E-state index in [9.17, 15) is 18.0 Å². The first kappa shape index (κ1) is 16.1. The highest BCUT2D eigenvalue weighted by molar-refractivity contribution is 7.89. The molecule has 0 radical (unpaired) electrons. The summed E-state index contributed by atoms with van der Waals surface area (Å²) in [7, 11) is -3.72. The maximum absolute atomic E-state index is 11.8. The van der Waals surface area contributed by atoms with E-state index in [0.29, 0.717) is 12.8 Å². The summed E-state index contributed by atoms with van der Waals surface area (Å²) >= 11 is 0. The minimum absolute atomic E-state index is 0.103. The quantitative estimate of drug-likeness (QED) is 0.494. The molecule has 0 fully saturated rings. The van der Waals surface area contributed by atoms with E-state index < -0.39 is 28.4 Å². The lowest BCUT2D eigenvalue weighted by atomic mass is 10.2. The van der Waals surface area contributed by atoms with Gasteiger partial charge in [-0.1, -0.05) is 0 Å². The van der Waals surface area contributed by atoms with Crippen LogP contribution in [0.25, 0.3) is 0 Å². The summed E-state index contributed by atoms with van der Waals surface area (Å²) in [5.74, 6) is -1.54. The predicted octanol–water partition coefficient (Wildman–Crippen LogP) is -1.10. The van der Waals surface area contributed by atoms with Crippen molar-refractivity contribution in [3.05, 3.63) is 12.4 Å². The highest BCUT2D eigenvalue weighted by Gasteiger charge is 2.16. The smallest absolute Gasteiger partial charge is 0.325 e. The Balaban J connectivity index is 2.49. The van der Waals surface area contributed by atoms with Crippen molar-refractivity contribution in [2.45, 2.75) is 30.7 Å². The first-order chi connectivity index (χ1) is 9.31. The molecule has 0 unspecified atom stereocenters. The highest BCUT2D eigenvalue weighted by atomic mass is 32.2. The Morgan fingerprint density at radius 3 is 2.70 bits per heavy atom. The molecule has 0 aliphatic carbocycles. The van der Waals surface area contributed by atoms with Crippen LogP contribution in [-0.4, -0.2) is 41.7 Å². The van der Waals surface area contributed by atoms with Gasteiger partial charge in [-0.2, -0.15) is 5.10 Å². The Morgan fingerprint density at radius 2 is 2.10 bits per heavy atom. The fourth-order valence-corrected chi connectivity index (χ4v) is 2.45. The lowest BCUT2D eigenvalue weighted by Gasteiger charge is -2.03. The zero-order valence-electron chi connectivity index (χ0n) is 10.7. The Kier molecular flexibility index (Phi) is 5.65. The number of amides is 1. The molecule has 1 rings (SSSR count). The molecule has 0 aliphatic rings. The number of sulfonamides is 1. The van der Waals surface area contributed by atoms with E-state index in [1.807, 2.05) is 0 Å². The molecule has 9 nitrogen and oxygen atoms in total. The first-order valence-corrected chi connectivity index (χ1v) is 7.32. The van der Waals surface area contributed by atoms with Crippen LogP contribution in [0.5, 0.6) is 0 Å². The van der Waals surface area contributed by atoms with Gasteiger partial charge in [0.25, 0.3) is 0 Å². The van der Waals surface area contributed by atoms with Gasteiger partial charge in [0.15, 0.2) is 0 Å². The van der Waals surface area contributed by atoms with Crippen molar-refractivity contribution >= 4 is 21.9 Å². The van der Waals surface area contributed by atoms with E-state index in [4.69, 9.17) is 10.8 Å². The summed E-state index contributed by atoms with van der Waals surface area (Å²) in [6.07, 6.45) is 3.40. The van der Waals surface area contributed by atoms with E-state index in [1.165, 1.54) is 0 Å². The van der Waals surface area contributed by atoms with Gasteiger partial charge in [-0.3, -0.25) is 14.3 Å². The Bertz CT molecular complexity index is 580. The van der Waals surface area contributed by atoms with Crippen LogP contribution in [0, 0.1) is 0 Å². The van der Waals surface area contributed by atoms with Crippen molar-refractivity contribution < 1.29 is 23.1 Å². The zero-order valence-corrected chi connectivity index (χ0v) is 11.5.